The highest BCUT2D eigenvalue weighted by molar-refractivity contribution is 6.58. The molecule has 0 saturated carbocycles. The van der Waals surface area contributed by atoms with Crippen molar-refractivity contribution >= 4 is 46.9 Å². The number of carbonyl (C=O) groups excluding carboxylic acids is 1. The van der Waals surface area contributed by atoms with Crippen molar-refractivity contribution in [1.82, 2.24) is 4.48 Å². The highest BCUT2D eigenvalue weighted by Gasteiger charge is 2.54. The molecular weight excluding hydrogens is 487 g/mol. The van der Waals surface area contributed by atoms with Gasteiger partial charge < -0.3 is 27.3 Å². The molecule has 6 nitrogen and oxygen atoms in total. The summed E-state index contributed by atoms with van der Waals surface area (Å²) in [6, 6.07) is 6.81. The minimum absolute atomic E-state index is 0.133. The number of allylic oxidation sites excluding steroid dienone is 4. The van der Waals surface area contributed by atoms with E-state index in [1.54, 1.807) is 56.3 Å². The molecule has 2 aromatic heterocycles. The third-order valence-electron chi connectivity index (χ3n) is 7.27. The number of hydrogen-bond acceptors (Lipinski definition) is 3. The molecule has 3 aliphatic rings. The van der Waals surface area contributed by atoms with Gasteiger partial charge in [0.25, 0.3) is 0 Å². The molecule has 190 valence electrons. The van der Waals surface area contributed by atoms with Crippen LogP contribution in [0.2, 0.25) is 0 Å². The van der Waals surface area contributed by atoms with Crippen LogP contribution < -0.4 is 10.9 Å². The standard InChI is InChI=1S/C29H24BF2N3O3/c1-16-11-18(3)34-27(16)23(28-17(2)12-19(4)35(28)30(34,31)32)10-9-21-13-22-14-24-20(15-25(22)38-29(21)37)7-5-6-8-26(36)33-24/h9-15H,6,8H2,1-4H3,(H,33,36). The van der Waals surface area contributed by atoms with Crippen LogP contribution in [-0.2, 0) is 4.79 Å². The Morgan fingerprint density at radius 3 is 2.68 bits per heavy atom. The fraction of sp³-hybridized carbons (Fsp3) is 0.207. The lowest BCUT2D eigenvalue weighted by Crippen LogP contribution is -2.51. The molecule has 1 amide bonds. The Morgan fingerprint density at radius 1 is 1.11 bits per heavy atom. The van der Waals surface area contributed by atoms with E-state index in [0.717, 1.165) is 20.1 Å². The summed E-state index contributed by atoms with van der Waals surface area (Å²) < 4.78 is 39.4. The van der Waals surface area contributed by atoms with Crippen LogP contribution in [-0.4, -0.2) is 27.6 Å². The van der Waals surface area contributed by atoms with E-state index in [1.165, 1.54) is 0 Å². The number of aryl methyl sites for hydroxylation is 2. The second kappa shape index (κ2) is 8.28. The van der Waals surface area contributed by atoms with Gasteiger partial charge in [-0.2, -0.15) is 0 Å². The van der Waals surface area contributed by atoms with E-state index in [4.69, 9.17) is 4.42 Å². The van der Waals surface area contributed by atoms with Crippen molar-refractivity contribution in [3.8, 4) is 11.8 Å². The Morgan fingerprint density at radius 2 is 1.89 bits per heavy atom. The number of carbonyl (C=O) groups is 1. The van der Waals surface area contributed by atoms with Crippen LogP contribution in [0.25, 0.3) is 22.6 Å². The number of anilines is 1. The highest BCUT2D eigenvalue weighted by Crippen LogP contribution is 2.42. The van der Waals surface area contributed by atoms with Gasteiger partial charge in [-0.1, -0.05) is 11.8 Å². The van der Waals surface area contributed by atoms with Gasteiger partial charge in [0, 0.05) is 42.5 Å². The summed E-state index contributed by atoms with van der Waals surface area (Å²) in [6.07, 6.45) is 5.83. The zero-order chi connectivity index (χ0) is 26.9. The van der Waals surface area contributed by atoms with Crippen LogP contribution in [0.15, 0.2) is 56.9 Å². The number of amides is 1. The molecule has 38 heavy (non-hydrogen) atoms. The molecule has 0 bridgehead atoms. The van der Waals surface area contributed by atoms with Crippen LogP contribution in [0.5, 0.6) is 0 Å². The first-order valence-electron chi connectivity index (χ1n) is 12.4. The van der Waals surface area contributed by atoms with Gasteiger partial charge in [-0.3, -0.25) is 4.79 Å². The number of halogens is 2. The zero-order valence-corrected chi connectivity index (χ0v) is 21.4. The molecule has 1 aromatic carbocycles. The lowest BCUT2D eigenvalue weighted by Gasteiger charge is -2.33. The monoisotopic (exact) mass is 511 g/mol. The van der Waals surface area contributed by atoms with E-state index in [2.05, 4.69) is 17.2 Å². The number of aromatic nitrogens is 1. The number of fused-ring (bicyclic) bond motifs is 4. The van der Waals surface area contributed by atoms with E-state index in [0.29, 0.717) is 63.4 Å². The van der Waals surface area contributed by atoms with E-state index < -0.39 is 12.6 Å². The molecule has 0 atom stereocenters. The van der Waals surface area contributed by atoms with E-state index >= 15 is 8.63 Å². The highest BCUT2D eigenvalue weighted by atomic mass is 19.2. The quantitative estimate of drug-likeness (QED) is 0.285. The van der Waals surface area contributed by atoms with Crippen LogP contribution in [0.3, 0.4) is 0 Å². The minimum Gasteiger partial charge on any atom is -0.422 e. The van der Waals surface area contributed by atoms with Gasteiger partial charge in [0.2, 0.25) is 5.91 Å². The molecule has 6 rings (SSSR count). The normalized spacial score (nSPS) is 17.9. The predicted octanol–water partition coefficient (Wildman–Crippen LogP) is 5.39. The van der Waals surface area contributed by atoms with Crippen LogP contribution in [0.1, 0.15) is 54.8 Å². The molecule has 3 aliphatic heterocycles. The molecule has 9 heteroatoms. The van der Waals surface area contributed by atoms with Crippen LogP contribution in [0.4, 0.5) is 14.3 Å². The molecule has 0 saturated heterocycles. The van der Waals surface area contributed by atoms with Gasteiger partial charge in [0.1, 0.15) is 11.3 Å². The maximum atomic E-state index is 15.8. The number of hydrogen-bond donors (Lipinski definition) is 1. The fourth-order valence-electron chi connectivity index (χ4n) is 5.73. The Bertz CT molecular complexity index is 1860. The van der Waals surface area contributed by atoms with Crippen LogP contribution in [0, 0.1) is 25.7 Å². The maximum Gasteiger partial charge on any atom is 0.737 e. The number of benzene rings is 1. The Kier molecular flexibility index (Phi) is 5.22. The van der Waals surface area contributed by atoms with Crippen molar-refractivity contribution < 1.29 is 22.3 Å². The van der Waals surface area contributed by atoms with Crippen molar-refractivity contribution in [2.24, 2.45) is 0 Å². The third kappa shape index (κ3) is 3.51. The second-order valence-corrected chi connectivity index (χ2v) is 9.98. The average molecular weight is 511 g/mol. The minimum atomic E-state index is -4.07. The summed E-state index contributed by atoms with van der Waals surface area (Å²) in [4.78, 5) is 25.0. The van der Waals surface area contributed by atoms with Gasteiger partial charge >= 0.3 is 12.6 Å². The molecule has 0 spiro atoms. The van der Waals surface area contributed by atoms with E-state index in [-0.39, 0.29) is 11.5 Å². The molecular formula is C29H24BF2N3O3. The molecule has 1 N–H and O–H groups in total. The first kappa shape index (κ1) is 23.9. The number of rotatable bonds is 2. The van der Waals surface area contributed by atoms with Gasteiger partial charge in [-0.25, -0.2) is 4.79 Å². The Balaban J connectivity index is 1.52. The van der Waals surface area contributed by atoms with Crippen molar-refractivity contribution in [3.05, 3.63) is 86.2 Å². The first-order valence-corrected chi connectivity index (χ1v) is 12.4. The smallest absolute Gasteiger partial charge is 0.422 e. The topological polar surface area (TPSA) is 67.2 Å². The lowest BCUT2D eigenvalue weighted by atomic mass is 9.86. The van der Waals surface area contributed by atoms with Crippen molar-refractivity contribution in [2.75, 3.05) is 5.32 Å². The lowest BCUT2D eigenvalue weighted by molar-refractivity contribution is -0.363. The fourth-order valence-corrected chi connectivity index (χ4v) is 5.73. The van der Waals surface area contributed by atoms with Crippen molar-refractivity contribution in [2.45, 2.75) is 40.5 Å². The first-order chi connectivity index (χ1) is 18.1. The summed E-state index contributed by atoms with van der Waals surface area (Å²) in [6.45, 7) is 2.91. The van der Waals surface area contributed by atoms with E-state index in [1.807, 2.05) is 13.8 Å². The molecule has 3 aromatic rings. The van der Waals surface area contributed by atoms with Crippen molar-refractivity contribution in [3.63, 3.8) is 0 Å². The molecule has 5 heterocycles. The van der Waals surface area contributed by atoms with Gasteiger partial charge in [-0.05, 0) is 68.4 Å². The predicted molar refractivity (Wildman–Crippen MR) is 145 cm³/mol. The number of nitrogens with zero attached hydrogens (tertiary/aromatic N) is 2. The number of nitrogens with one attached hydrogen (secondary N) is 1. The van der Waals surface area contributed by atoms with Crippen molar-refractivity contribution in [1.29, 1.82) is 0 Å². The maximum absolute atomic E-state index is 15.8. The largest absolute Gasteiger partial charge is 0.737 e. The molecule has 0 radical (unpaired) electrons. The second-order valence-electron chi connectivity index (χ2n) is 9.98. The summed E-state index contributed by atoms with van der Waals surface area (Å²) in [5.41, 5.74) is 5.06. The SMILES string of the molecule is CC1=CC(C)=[N+]2C1=C(C=Cc1cc3cc4c(cc3oc1=O)C#CCCC(=O)N4)c1c(C)cc(C)n1[B-]2(F)F. The van der Waals surface area contributed by atoms with Gasteiger partial charge in [0.15, 0.2) is 5.70 Å². The Labute approximate surface area is 217 Å². The molecule has 0 aliphatic carbocycles. The summed E-state index contributed by atoms with van der Waals surface area (Å²) in [5, 5.41) is 3.47. The van der Waals surface area contributed by atoms with Gasteiger partial charge in [-0.15, -0.1) is 0 Å². The van der Waals surface area contributed by atoms with Gasteiger partial charge in [0.05, 0.1) is 22.4 Å². The van der Waals surface area contributed by atoms with Crippen LogP contribution >= 0.6 is 0 Å². The molecule has 0 unspecified atom stereocenters. The summed E-state index contributed by atoms with van der Waals surface area (Å²) in [5.74, 6) is 5.83. The zero-order valence-electron chi connectivity index (χ0n) is 21.4. The van der Waals surface area contributed by atoms with E-state index in [9.17, 15) is 9.59 Å². The molecule has 0 fully saturated rings. The Hall–Kier alpha value is -4.45. The summed E-state index contributed by atoms with van der Waals surface area (Å²) in [7, 11) is 0. The summed E-state index contributed by atoms with van der Waals surface area (Å²) >= 11 is 0. The third-order valence-corrected chi connectivity index (χ3v) is 7.27. The average Bonchev–Trinajstić information content (AvgIpc) is 3.31.